The van der Waals surface area contributed by atoms with E-state index < -0.39 is 11.1 Å². The number of hydrogen-bond donors (Lipinski definition) is 1. The van der Waals surface area contributed by atoms with Gasteiger partial charge in [0, 0.05) is 19.4 Å². The Hall–Kier alpha value is -2.81. The first kappa shape index (κ1) is 19.0. The van der Waals surface area contributed by atoms with Gasteiger partial charge in [-0.15, -0.1) is 6.42 Å². The predicted octanol–water partition coefficient (Wildman–Crippen LogP) is 1.93. The molecule has 1 aromatic rings. The van der Waals surface area contributed by atoms with Crippen molar-refractivity contribution in [1.82, 2.24) is 10.2 Å². The summed E-state index contributed by atoms with van der Waals surface area (Å²) in [6, 6.07) is 7.19. The number of carbonyl (C=O) groups is 3. The van der Waals surface area contributed by atoms with Crippen molar-refractivity contribution in [1.29, 1.82) is 0 Å². The highest BCUT2D eigenvalue weighted by Crippen LogP contribution is 2.39. The number of carbonyl (C=O) groups excluding carboxylic acids is 3. The van der Waals surface area contributed by atoms with E-state index in [0.29, 0.717) is 30.7 Å². The van der Waals surface area contributed by atoms with E-state index in [1.165, 1.54) is 4.90 Å². The van der Waals surface area contributed by atoms with Gasteiger partial charge in [0.15, 0.2) is 5.78 Å². The Morgan fingerprint density at radius 1 is 1.33 bits per heavy atom. The van der Waals surface area contributed by atoms with E-state index in [0.717, 1.165) is 0 Å². The van der Waals surface area contributed by atoms with Gasteiger partial charge in [0.1, 0.15) is 11.4 Å². The van der Waals surface area contributed by atoms with Crippen LogP contribution in [-0.2, 0) is 9.59 Å². The number of ketones is 1. The first-order valence-corrected chi connectivity index (χ1v) is 9.11. The standard InChI is InChI=1S/C21H24N2O4/c1-4-20(2,3)22-18(25)14-23-12-11-21(10-9-19(23)26)13-16(24)15-7-5-6-8-17(15)27-21/h1,5-8H,9-14H2,2-3H3,(H,22,25). The molecule has 2 heterocycles. The number of nitrogens with zero attached hydrogens (tertiary/aromatic N) is 1. The lowest BCUT2D eigenvalue weighted by Crippen LogP contribution is -2.48. The van der Waals surface area contributed by atoms with Crippen LogP contribution in [0.25, 0.3) is 0 Å². The van der Waals surface area contributed by atoms with Gasteiger partial charge in [-0.2, -0.15) is 0 Å². The average Bonchev–Trinajstić information content (AvgIpc) is 2.76. The topological polar surface area (TPSA) is 75.7 Å². The van der Waals surface area contributed by atoms with Crippen LogP contribution in [-0.4, -0.2) is 46.7 Å². The molecule has 0 bridgehead atoms. The molecule has 0 aliphatic carbocycles. The van der Waals surface area contributed by atoms with E-state index >= 15 is 0 Å². The number of benzene rings is 1. The summed E-state index contributed by atoms with van der Waals surface area (Å²) in [5, 5.41) is 2.73. The second kappa shape index (κ2) is 7.07. The molecule has 6 heteroatoms. The molecule has 142 valence electrons. The summed E-state index contributed by atoms with van der Waals surface area (Å²) in [6.07, 6.45) is 6.84. The molecule has 2 amide bonds. The third kappa shape index (κ3) is 4.13. The van der Waals surface area contributed by atoms with Gasteiger partial charge in [-0.25, -0.2) is 0 Å². The largest absolute Gasteiger partial charge is 0.486 e. The summed E-state index contributed by atoms with van der Waals surface area (Å²) in [5.74, 6) is 2.69. The fraction of sp³-hybridized carbons (Fsp3) is 0.476. The van der Waals surface area contributed by atoms with Crippen LogP contribution in [0.2, 0.25) is 0 Å². The van der Waals surface area contributed by atoms with Crippen LogP contribution in [0.15, 0.2) is 24.3 Å². The fourth-order valence-corrected chi connectivity index (χ4v) is 3.57. The van der Waals surface area contributed by atoms with E-state index in [1.54, 1.807) is 26.0 Å². The number of nitrogens with one attached hydrogen (secondary N) is 1. The molecule has 0 saturated carbocycles. The fourth-order valence-electron chi connectivity index (χ4n) is 3.57. The van der Waals surface area contributed by atoms with Crippen molar-refractivity contribution in [2.45, 2.75) is 50.7 Å². The number of Topliss-reactive ketones (excluding diaryl/α,β-unsaturated/α-hetero) is 1. The van der Waals surface area contributed by atoms with Gasteiger partial charge in [-0.1, -0.05) is 18.1 Å². The van der Waals surface area contributed by atoms with E-state index in [2.05, 4.69) is 11.2 Å². The van der Waals surface area contributed by atoms with Crippen LogP contribution in [0.4, 0.5) is 0 Å². The van der Waals surface area contributed by atoms with Crippen molar-refractivity contribution >= 4 is 17.6 Å². The van der Waals surface area contributed by atoms with Crippen molar-refractivity contribution in [3.8, 4) is 18.1 Å². The molecule has 0 radical (unpaired) electrons. The van der Waals surface area contributed by atoms with Gasteiger partial charge in [0.2, 0.25) is 11.8 Å². The maximum atomic E-state index is 12.5. The molecule has 0 aromatic heterocycles. The third-order valence-electron chi connectivity index (χ3n) is 5.13. The van der Waals surface area contributed by atoms with Crippen LogP contribution in [0.5, 0.6) is 5.75 Å². The second-order valence-electron chi connectivity index (χ2n) is 7.76. The minimum absolute atomic E-state index is 0.0336. The summed E-state index contributed by atoms with van der Waals surface area (Å²) in [7, 11) is 0. The van der Waals surface area contributed by atoms with Crippen molar-refractivity contribution in [3.63, 3.8) is 0 Å². The summed E-state index contributed by atoms with van der Waals surface area (Å²) in [5.41, 5.74) is -0.869. The predicted molar refractivity (Wildman–Crippen MR) is 100 cm³/mol. The molecule has 1 fully saturated rings. The molecule has 6 nitrogen and oxygen atoms in total. The molecule has 1 N–H and O–H groups in total. The van der Waals surface area contributed by atoms with Gasteiger partial charge in [-0.3, -0.25) is 14.4 Å². The summed E-state index contributed by atoms with van der Waals surface area (Å²) < 4.78 is 6.18. The Kier molecular flexibility index (Phi) is 4.97. The number of amides is 2. The quantitative estimate of drug-likeness (QED) is 0.828. The van der Waals surface area contributed by atoms with Crippen molar-refractivity contribution in [3.05, 3.63) is 29.8 Å². The highest BCUT2D eigenvalue weighted by molar-refractivity contribution is 6.00. The highest BCUT2D eigenvalue weighted by atomic mass is 16.5. The Labute approximate surface area is 159 Å². The van der Waals surface area contributed by atoms with Gasteiger partial charge in [0.25, 0.3) is 0 Å². The number of terminal acetylenes is 1. The summed E-state index contributed by atoms with van der Waals surface area (Å²) >= 11 is 0. The molecular formula is C21H24N2O4. The number of fused-ring (bicyclic) bond motifs is 1. The lowest BCUT2D eigenvalue weighted by atomic mass is 9.84. The van der Waals surface area contributed by atoms with Gasteiger partial charge >= 0.3 is 0 Å². The number of para-hydroxylation sites is 1. The zero-order valence-electron chi connectivity index (χ0n) is 15.7. The summed E-state index contributed by atoms with van der Waals surface area (Å²) in [6.45, 7) is 3.76. The minimum Gasteiger partial charge on any atom is -0.486 e. The second-order valence-corrected chi connectivity index (χ2v) is 7.76. The van der Waals surface area contributed by atoms with E-state index in [9.17, 15) is 14.4 Å². The summed E-state index contributed by atoms with van der Waals surface area (Å²) in [4.78, 5) is 38.8. The monoisotopic (exact) mass is 368 g/mol. The zero-order valence-corrected chi connectivity index (χ0v) is 15.7. The molecular weight excluding hydrogens is 344 g/mol. The molecule has 1 atom stereocenters. The van der Waals surface area contributed by atoms with E-state index in [4.69, 9.17) is 11.2 Å². The Bertz CT molecular complexity index is 824. The van der Waals surface area contributed by atoms with Crippen molar-refractivity contribution in [2.75, 3.05) is 13.1 Å². The molecule has 3 rings (SSSR count). The molecule has 1 saturated heterocycles. The Morgan fingerprint density at radius 2 is 2.07 bits per heavy atom. The van der Waals surface area contributed by atoms with Crippen LogP contribution < -0.4 is 10.1 Å². The molecule has 27 heavy (non-hydrogen) atoms. The van der Waals surface area contributed by atoms with Crippen molar-refractivity contribution in [2.24, 2.45) is 0 Å². The van der Waals surface area contributed by atoms with Gasteiger partial charge in [0.05, 0.1) is 24.1 Å². The minimum atomic E-state index is -0.768. The van der Waals surface area contributed by atoms with Gasteiger partial charge < -0.3 is 15.0 Å². The SMILES string of the molecule is C#CC(C)(C)NC(=O)CN1CCC2(CCC1=O)CC(=O)c1ccccc1O2. The maximum absolute atomic E-state index is 12.5. The normalized spacial score (nSPS) is 22.5. The van der Waals surface area contributed by atoms with E-state index in [1.807, 2.05) is 12.1 Å². The Balaban J connectivity index is 1.70. The zero-order chi connectivity index (χ0) is 19.7. The molecule has 1 unspecified atom stereocenters. The first-order valence-electron chi connectivity index (χ1n) is 9.11. The van der Waals surface area contributed by atoms with Gasteiger partial charge in [-0.05, 0) is 32.4 Å². The molecule has 2 aliphatic rings. The average molecular weight is 368 g/mol. The van der Waals surface area contributed by atoms with Crippen LogP contribution >= 0.6 is 0 Å². The van der Waals surface area contributed by atoms with Crippen molar-refractivity contribution < 1.29 is 19.1 Å². The number of likely N-dealkylation sites (tertiary alicyclic amines) is 1. The van der Waals surface area contributed by atoms with Crippen LogP contribution in [0.3, 0.4) is 0 Å². The van der Waals surface area contributed by atoms with E-state index in [-0.39, 0.29) is 37.0 Å². The lowest BCUT2D eigenvalue weighted by Gasteiger charge is -2.37. The Morgan fingerprint density at radius 3 is 2.81 bits per heavy atom. The highest BCUT2D eigenvalue weighted by Gasteiger charge is 2.43. The third-order valence-corrected chi connectivity index (χ3v) is 5.13. The smallest absolute Gasteiger partial charge is 0.240 e. The molecule has 1 spiro atoms. The lowest BCUT2D eigenvalue weighted by molar-refractivity contribution is -0.136. The van der Waals surface area contributed by atoms with Crippen LogP contribution in [0, 0.1) is 12.3 Å². The maximum Gasteiger partial charge on any atom is 0.240 e. The number of ether oxygens (including phenoxy) is 1. The molecule has 1 aromatic carbocycles. The van der Waals surface area contributed by atoms with Crippen LogP contribution in [0.1, 0.15) is 49.9 Å². The first-order chi connectivity index (χ1) is 12.7. The molecule has 2 aliphatic heterocycles. The number of hydrogen-bond acceptors (Lipinski definition) is 4. The number of rotatable bonds is 3.